The number of carbonyl (C=O) groups excluding carboxylic acids is 1. The molecule has 25 heavy (non-hydrogen) atoms. The zero-order valence-electron chi connectivity index (χ0n) is 14.4. The van der Waals surface area contributed by atoms with E-state index >= 15 is 0 Å². The zero-order valence-corrected chi connectivity index (χ0v) is 15.2. The van der Waals surface area contributed by atoms with Gasteiger partial charge in [-0.25, -0.2) is 0 Å². The summed E-state index contributed by atoms with van der Waals surface area (Å²) in [5.41, 5.74) is 3.91. The second-order valence-electron chi connectivity index (χ2n) is 5.94. The number of nitrogens with one attached hydrogen (secondary N) is 1. The molecule has 0 spiro atoms. The fourth-order valence-electron chi connectivity index (χ4n) is 2.45. The number of aryl methyl sites for hydroxylation is 3. The van der Waals surface area contributed by atoms with Crippen LogP contribution < -0.4 is 5.32 Å². The van der Waals surface area contributed by atoms with E-state index in [4.69, 9.17) is 0 Å². The highest BCUT2D eigenvalue weighted by atomic mass is 32.2. The van der Waals surface area contributed by atoms with Crippen LogP contribution in [0.2, 0.25) is 0 Å². The second-order valence-corrected chi connectivity index (χ2v) is 7.01. The molecule has 1 heterocycles. The zero-order chi connectivity index (χ0) is 17.8. The van der Waals surface area contributed by atoms with Gasteiger partial charge in [0.15, 0.2) is 5.16 Å². The van der Waals surface area contributed by atoms with Gasteiger partial charge in [0.2, 0.25) is 5.91 Å². The number of benzene rings is 2. The van der Waals surface area contributed by atoms with Gasteiger partial charge in [0, 0.05) is 12.7 Å². The molecule has 0 unspecified atom stereocenters. The SMILES string of the molecule is Cc1ccc(C)c(NC(=O)[C@H](Sc2nncn2C)c2ccccc2)c1. The number of thioether (sulfide) groups is 1. The van der Waals surface area contributed by atoms with Crippen LogP contribution in [-0.4, -0.2) is 20.7 Å². The Morgan fingerprint density at radius 1 is 1.16 bits per heavy atom. The first kappa shape index (κ1) is 17.2. The molecule has 3 aromatic rings. The maximum atomic E-state index is 13.0. The molecule has 0 aliphatic carbocycles. The highest BCUT2D eigenvalue weighted by Gasteiger charge is 2.24. The van der Waals surface area contributed by atoms with Gasteiger partial charge in [-0.3, -0.25) is 4.79 Å². The first-order chi connectivity index (χ1) is 12.0. The molecular weight excluding hydrogens is 332 g/mol. The summed E-state index contributed by atoms with van der Waals surface area (Å²) < 4.78 is 1.81. The van der Waals surface area contributed by atoms with Crippen LogP contribution in [-0.2, 0) is 11.8 Å². The van der Waals surface area contributed by atoms with E-state index < -0.39 is 5.25 Å². The molecule has 3 rings (SSSR count). The van der Waals surface area contributed by atoms with Crippen LogP contribution in [0.1, 0.15) is 21.9 Å². The molecule has 1 N–H and O–H groups in total. The second kappa shape index (κ2) is 7.53. The Kier molecular flexibility index (Phi) is 5.19. The van der Waals surface area contributed by atoms with Crippen LogP contribution in [0, 0.1) is 13.8 Å². The van der Waals surface area contributed by atoms with E-state index in [1.54, 1.807) is 6.33 Å². The molecule has 1 aromatic heterocycles. The standard InChI is InChI=1S/C19H20N4OS/c1-13-9-10-14(2)16(11-13)21-18(24)17(15-7-5-4-6-8-15)25-19-22-20-12-23(19)3/h4-12,17H,1-3H3,(H,21,24)/t17-/m1/s1. The van der Waals surface area contributed by atoms with Crippen LogP contribution in [0.25, 0.3) is 0 Å². The van der Waals surface area contributed by atoms with Gasteiger partial charge in [-0.15, -0.1) is 10.2 Å². The van der Waals surface area contributed by atoms with Gasteiger partial charge in [0.1, 0.15) is 11.6 Å². The maximum Gasteiger partial charge on any atom is 0.242 e. The molecule has 0 saturated heterocycles. The van der Waals surface area contributed by atoms with E-state index in [2.05, 4.69) is 15.5 Å². The molecule has 0 aliphatic rings. The molecule has 0 radical (unpaired) electrons. The summed E-state index contributed by atoms with van der Waals surface area (Å²) in [7, 11) is 1.87. The number of aromatic nitrogens is 3. The third-order valence-corrected chi connectivity index (χ3v) is 5.19. The van der Waals surface area contributed by atoms with E-state index in [1.807, 2.05) is 74.0 Å². The van der Waals surface area contributed by atoms with Crippen molar-refractivity contribution in [3.63, 3.8) is 0 Å². The molecular formula is C19H20N4OS. The van der Waals surface area contributed by atoms with Crippen LogP contribution in [0.5, 0.6) is 0 Å². The largest absolute Gasteiger partial charge is 0.325 e. The minimum atomic E-state index is -0.413. The number of rotatable bonds is 5. The highest BCUT2D eigenvalue weighted by molar-refractivity contribution is 8.00. The van der Waals surface area contributed by atoms with Crippen molar-refractivity contribution < 1.29 is 4.79 Å². The monoisotopic (exact) mass is 352 g/mol. The number of hydrogen-bond acceptors (Lipinski definition) is 4. The Morgan fingerprint density at radius 2 is 1.92 bits per heavy atom. The van der Waals surface area contributed by atoms with Gasteiger partial charge < -0.3 is 9.88 Å². The van der Waals surface area contributed by atoms with Crippen LogP contribution >= 0.6 is 11.8 Å². The van der Waals surface area contributed by atoms with Gasteiger partial charge in [-0.05, 0) is 36.6 Å². The summed E-state index contributed by atoms with van der Waals surface area (Å²) in [5.74, 6) is -0.0760. The smallest absolute Gasteiger partial charge is 0.242 e. The fourth-order valence-corrected chi connectivity index (χ4v) is 3.43. The number of hydrogen-bond donors (Lipinski definition) is 1. The van der Waals surface area contributed by atoms with Crippen LogP contribution in [0.15, 0.2) is 60.0 Å². The van der Waals surface area contributed by atoms with Crippen molar-refractivity contribution in [2.75, 3.05) is 5.32 Å². The van der Waals surface area contributed by atoms with Crippen molar-refractivity contribution in [1.29, 1.82) is 0 Å². The van der Waals surface area contributed by atoms with Crippen molar-refractivity contribution >= 4 is 23.4 Å². The summed E-state index contributed by atoms with van der Waals surface area (Å²) in [6.07, 6.45) is 1.63. The lowest BCUT2D eigenvalue weighted by molar-refractivity contribution is -0.115. The Balaban J connectivity index is 1.89. The predicted octanol–water partition coefficient (Wildman–Crippen LogP) is 3.90. The van der Waals surface area contributed by atoms with Gasteiger partial charge in [0.05, 0.1) is 0 Å². The number of nitrogens with zero attached hydrogens (tertiary/aromatic N) is 3. The summed E-state index contributed by atoms with van der Waals surface area (Å²) >= 11 is 1.39. The van der Waals surface area contributed by atoms with E-state index in [0.29, 0.717) is 5.16 Å². The Morgan fingerprint density at radius 3 is 2.60 bits per heavy atom. The predicted molar refractivity (Wildman–Crippen MR) is 101 cm³/mol. The normalized spacial score (nSPS) is 12.0. The first-order valence-electron chi connectivity index (χ1n) is 7.98. The van der Waals surface area contributed by atoms with Crippen molar-refractivity contribution in [2.45, 2.75) is 24.3 Å². The van der Waals surface area contributed by atoms with Gasteiger partial charge >= 0.3 is 0 Å². The molecule has 6 heteroatoms. The van der Waals surface area contributed by atoms with Gasteiger partial charge in [-0.2, -0.15) is 0 Å². The van der Waals surface area contributed by atoms with Crippen molar-refractivity contribution in [3.8, 4) is 0 Å². The lowest BCUT2D eigenvalue weighted by atomic mass is 10.1. The molecule has 1 atom stereocenters. The van der Waals surface area contributed by atoms with Crippen molar-refractivity contribution in [3.05, 3.63) is 71.5 Å². The average molecular weight is 352 g/mol. The molecule has 0 aliphatic heterocycles. The average Bonchev–Trinajstić information content (AvgIpc) is 3.01. The minimum absolute atomic E-state index is 0.0760. The number of amides is 1. The number of anilines is 1. The molecule has 1 amide bonds. The summed E-state index contributed by atoms with van der Waals surface area (Å²) in [4.78, 5) is 13.0. The summed E-state index contributed by atoms with van der Waals surface area (Å²) in [6.45, 7) is 4.00. The number of carbonyl (C=O) groups is 1. The molecule has 0 saturated carbocycles. The fraction of sp³-hybridized carbons (Fsp3) is 0.211. The van der Waals surface area contributed by atoms with E-state index in [9.17, 15) is 4.79 Å². The highest BCUT2D eigenvalue weighted by Crippen LogP contribution is 2.35. The Labute approximate surface area is 151 Å². The third-order valence-electron chi connectivity index (χ3n) is 3.88. The maximum absolute atomic E-state index is 13.0. The molecule has 0 fully saturated rings. The van der Waals surface area contributed by atoms with Crippen molar-refractivity contribution in [1.82, 2.24) is 14.8 Å². The van der Waals surface area contributed by atoms with Crippen LogP contribution in [0.4, 0.5) is 5.69 Å². The van der Waals surface area contributed by atoms with Crippen molar-refractivity contribution in [2.24, 2.45) is 7.05 Å². The molecule has 128 valence electrons. The molecule has 5 nitrogen and oxygen atoms in total. The molecule has 0 bridgehead atoms. The van der Waals surface area contributed by atoms with E-state index in [1.165, 1.54) is 11.8 Å². The lowest BCUT2D eigenvalue weighted by Crippen LogP contribution is -2.20. The topological polar surface area (TPSA) is 59.8 Å². The Hall–Kier alpha value is -2.60. The van der Waals surface area contributed by atoms with E-state index in [-0.39, 0.29) is 5.91 Å². The summed E-state index contributed by atoms with van der Waals surface area (Å²) in [5, 5.41) is 11.3. The Bertz CT molecular complexity index is 876. The molecule has 2 aromatic carbocycles. The first-order valence-corrected chi connectivity index (χ1v) is 8.86. The minimum Gasteiger partial charge on any atom is -0.325 e. The lowest BCUT2D eigenvalue weighted by Gasteiger charge is -2.17. The van der Waals surface area contributed by atoms with Gasteiger partial charge in [-0.1, -0.05) is 54.2 Å². The third kappa shape index (κ3) is 4.09. The van der Waals surface area contributed by atoms with Crippen LogP contribution in [0.3, 0.4) is 0 Å². The van der Waals surface area contributed by atoms with Gasteiger partial charge in [0.25, 0.3) is 0 Å². The van der Waals surface area contributed by atoms with E-state index in [0.717, 1.165) is 22.4 Å². The summed E-state index contributed by atoms with van der Waals surface area (Å²) in [6, 6.07) is 15.8. The quantitative estimate of drug-likeness (QED) is 0.708.